The zero-order chi connectivity index (χ0) is 15.5. The van der Waals surface area contributed by atoms with E-state index in [0.29, 0.717) is 0 Å². The van der Waals surface area contributed by atoms with Gasteiger partial charge in [-0.15, -0.1) is 0 Å². The van der Waals surface area contributed by atoms with Gasteiger partial charge in [0.25, 0.3) is 15.7 Å². The van der Waals surface area contributed by atoms with Crippen LogP contribution in [0.1, 0.15) is 5.56 Å². The summed E-state index contributed by atoms with van der Waals surface area (Å²) >= 11 is 0. The van der Waals surface area contributed by atoms with E-state index in [1.54, 1.807) is 12.1 Å². The molecular formula is C13H10N2O5S. The van der Waals surface area contributed by atoms with E-state index < -0.39 is 14.9 Å². The molecule has 0 aliphatic heterocycles. The van der Waals surface area contributed by atoms with Gasteiger partial charge in [-0.1, -0.05) is 12.1 Å². The van der Waals surface area contributed by atoms with Crippen molar-refractivity contribution in [1.82, 2.24) is 0 Å². The quantitative estimate of drug-likeness (QED) is 0.528. The lowest BCUT2D eigenvalue weighted by atomic mass is 10.2. The lowest BCUT2D eigenvalue weighted by Crippen LogP contribution is -1.98. The smallest absolute Gasteiger partial charge is 0.282 e. The van der Waals surface area contributed by atoms with Crippen molar-refractivity contribution in [3.8, 4) is 5.75 Å². The van der Waals surface area contributed by atoms with Crippen molar-refractivity contribution in [2.75, 3.05) is 0 Å². The molecule has 0 saturated carbocycles. The molecule has 0 atom stereocenters. The second-order valence-electron chi connectivity index (χ2n) is 4.02. The number of nitrogens with zero attached hydrogens (tertiary/aromatic N) is 2. The molecule has 2 rings (SSSR count). The summed E-state index contributed by atoms with van der Waals surface area (Å²) < 4.78 is 27.3. The maximum absolute atomic E-state index is 11.9. The Morgan fingerprint density at radius 3 is 2.29 bits per heavy atom. The second kappa shape index (κ2) is 5.71. The van der Waals surface area contributed by atoms with Gasteiger partial charge < -0.3 is 5.11 Å². The number of phenolic OH excluding ortho intramolecular Hbond substituents is 1. The largest absolute Gasteiger partial charge is 0.507 e. The molecule has 0 radical (unpaired) electrons. The molecule has 0 fully saturated rings. The molecule has 2 aromatic carbocycles. The number of aromatic hydroxyl groups is 1. The van der Waals surface area contributed by atoms with Crippen LogP contribution in [0.4, 0.5) is 5.69 Å². The fraction of sp³-hybridized carbons (Fsp3) is 0. The van der Waals surface area contributed by atoms with Crippen LogP contribution in [0.15, 0.2) is 57.8 Å². The topological polar surface area (TPSA) is 110 Å². The van der Waals surface area contributed by atoms with Gasteiger partial charge in [0.15, 0.2) is 0 Å². The van der Waals surface area contributed by atoms with E-state index in [-0.39, 0.29) is 21.9 Å². The van der Waals surface area contributed by atoms with E-state index >= 15 is 0 Å². The number of sulfonamides is 1. The van der Waals surface area contributed by atoms with Crippen molar-refractivity contribution < 1.29 is 18.4 Å². The Kier molecular flexibility index (Phi) is 3.99. The second-order valence-corrected chi connectivity index (χ2v) is 5.65. The van der Waals surface area contributed by atoms with Crippen LogP contribution in [0.2, 0.25) is 0 Å². The molecular weight excluding hydrogens is 296 g/mol. The van der Waals surface area contributed by atoms with Crippen LogP contribution >= 0.6 is 0 Å². The van der Waals surface area contributed by atoms with Crippen molar-refractivity contribution >= 4 is 21.9 Å². The summed E-state index contributed by atoms with van der Waals surface area (Å²) in [6.07, 6.45) is 1.02. The summed E-state index contributed by atoms with van der Waals surface area (Å²) in [5.41, 5.74) is 0.0432. The van der Waals surface area contributed by atoms with Gasteiger partial charge >= 0.3 is 0 Å². The molecule has 21 heavy (non-hydrogen) atoms. The maximum atomic E-state index is 11.9. The zero-order valence-corrected chi connectivity index (χ0v) is 11.4. The molecule has 0 aliphatic carbocycles. The third-order valence-corrected chi connectivity index (χ3v) is 3.86. The molecule has 0 spiro atoms. The summed E-state index contributed by atoms with van der Waals surface area (Å²) in [6.45, 7) is 0. The Hall–Kier alpha value is -2.74. The van der Waals surface area contributed by atoms with E-state index in [2.05, 4.69) is 4.40 Å². The SMILES string of the molecule is O=[N+]([O-])c1ccc(S(=O)(=O)/N=C/c2ccccc2O)cc1. The highest BCUT2D eigenvalue weighted by Gasteiger charge is 2.14. The molecule has 7 nitrogen and oxygen atoms in total. The first kappa shape index (κ1) is 14.7. The Bertz CT molecular complexity index is 798. The number of para-hydroxylation sites is 1. The summed E-state index contributed by atoms with van der Waals surface area (Å²) in [5.74, 6) is -0.0971. The first-order chi connectivity index (χ1) is 9.90. The number of phenols is 1. The first-order valence-corrected chi connectivity index (χ1v) is 7.17. The average molecular weight is 306 g/mol. The van der Waals surface area contributed by atoms with Gasteiger partial charge in [0.05, 0.1) is 16.0 Å². The van der Waals surface area contributed by atoms with Gasteiger partial charge in [-0.2, -0.15) is 12.8 Å². The number of benzene rings is 2. The fourth-order valence-electron chi connectivity index (χ4n) is 1.52. The number of non-ortho nitro benzene ring substituents is 1. The number of hydrogen-bond donors (Lipinski definition) is 1. The Morgan fingerprint density at radius 2 is 1.71 bits per heavy atom. The molecule has 0 amide bonds. The Labute approximate surface area is 120 Å². The third kappa shape index (κ3) is 3.42. The molecule has 0 aromatic heterocycles. The summed E-state index contributed by atoms with van der Waals surface area (Å²) in [5, 5.41) is 20.0. The van der Waals surface area contributed by atoms with Gasteiger partial charge in [0, 0.05) is 17.7 Å². The van der Waals surface area contributed by atoms with Crippen LogP contribution in [0.5, 0.6) is 5.75 Å². The molecule has 0 saturated heterocycles. The number of rotatable bonds is 4. The van der Waals surface area contributed by atoms with Crippen molar-refractivity contribution in [1.29, 1.82) is 0 Å². The van der Waals surface area contributed by atoms with E-state index in [9.17, 15) is 23.6 Å². The minimum Gasteiger partial charge on any atom is -0.507 e. The van der Waals surface area contributed by atoms with Crippen molar-refractivity contribution in [2.24, 2.45) is 4.40 Å². The van der Waals surface area contributed by atoms with Crippen molar-refractivity contribution in [2.45, 2.75) is 4.90 Å². The molecule has 2 aromatic rings. The highest BCUT2D eigenvalue weighted by atomic mass is 32.2. The lowest BCUT2D eigenvalue weighted by molar-refractivity contribution is -0.384. The fourth-order valence-corrected chi connectivity index (χ4v) is 2.38. The molecule has 108 valence electrons. The monoisotopic (exact) mass is 306 g/mol. The van der Waals surface area contributed by atoms with Gasteiger partial charge in [0.2, 0.25) is 0 Å². The predicted molar refractivity (Wildman–Crippen MR) is 76.0 cm³/mol. The van der Waals surface area contributed by atoms with Crippen LogP contribution in [0, 0.1) is 10.1 Å². The molecule has 0 aliphatic rings. The van der Waals surface area contributed by atoms with Gasteiger partial charge in [0.1, 0.15) is 5.75 Å². The number of nitro benzene ring substituents is 1. The average Bonchev–Trinajstić information content (AvgIpc) is 2.46. The Balaban J connectivity index is 2.30. The molecule has 1 N–H and O–H groups in total. The first-order valence-electron chi connectivity index (χ1n) is 5.73. The van der Waals surface area contributed by atoms with Crippen LogP contribution in [-0.4, -0.2) is 24.7 Å². The van der Waals surface area contributed by atoms with E-state index in [1.807, 2.05) is 0 Å². The zero-order valence-electron chi connectivity index (χ0n) is 10.6. The van der Waals surface area contributed by atoms with Crippen molar-refractivity contribution in [3.63, 3.8) is 0 Å². The third-order valence-electron chi connectivity index (χ3n) is 2.61. The van der Waals surface area contributed by atoms with E-state index in [1.165, 1.54) is 12.1 Å². The summed E-state index contributed by atoms with van der Waals surface area (Å²) in [7, 11) is -3.98. The highest BCUT2D eigenvalue weighted by Crippen LogP contribution is 2.18. The summed E-state index contributed by atoms with van der Waals surface area (Å²) in [6, 6.07) is 10.5. The number of hydrogen-bond acceptors (Lipinski definition) is 5. The van der Waals surface area contributed by atoms with E-state index in [4.69, 9.17) is 0 Å². The molecule has 0 bridgehead atoms. The predicted octanol–water partition coefficient (Wildman–Crippen LogP) is 2.11. The minimum atomic E-state index is -3.98. The van der Waals surface area contributed by atoms with Crippen LogP contribution in [0.3, 0.4) is 0 Å². The highest BCUT2D eigenvalue weighted by molar-refractivity contribution is 7.90. The maximum Gasteiger partial charge on any atom is 0.282 e. The minimum absolute atomic E-state index is 0.0971. The molecule has 8 heteroatoms. The Morgan fingerprint density at radius 1 is 1.10 bits per heavy atom. The molecule has 0 heterocycles. The standard InChI is InChI=1S/C13H10N2O5S/c16-13-4-2-1-3-10(13)9-14-21(19,20)12-7-5-11(6-8-12)15(17)18/h1-9,16H/b14-9+. The van der Waals surface area contributed by atoms with Gasteiger partial charge in [-0.25, -0.2) is 0 Å². The summed E-state index contributed by atoms with van der Waals surface area (Å²) in [4.78, 5) is 9.72. The number of nitro groups is 1. The van der Waals surface area contributed by atoms with Gasteiger partial charge in [-0.3, -0.25) is 10.1 Å². The van der Waals surface area contributed by atoms with Crippen LogP contribution < -0.4 is 0 Å². The lowest BCUT2D eigenvalue weighted by Gasteiger charge is -1.99. The van der Waals surface area contributed by atoms with Crippen LogP contribution in [-0.2, 0) is 10.0 Å². The molecule has 0 unspecified atom stereocenters. The van der Waals surface area contributed by atoms with Gasteiger partial charge in [-0.05, 0) is 24.3 Å². The van der Waals surface area contributed by atoms with E-state index in [0.717, 1.165) is 30.5 Å². The normalized spacial score (nSPS) is 11.6. The van der Waals surface area contributed by atoms with Crippen molar-refractivity contribution in [3.05, 3.63) is 64.2 Å². The van der Waals surface area contributed by atoms with Crippen LogP contribution in [0.25, 0.3) is 0 Å².